The average molecular weight is 666 g/mol. The molecule has 256 valence electrons. The molecule has 0 spiro atoms. The molecule has 1 saturated carbocycles. The van der Waals surface area contributed by atoms with E-state index in [0.29, 0.717) is 59.9 Å². The molecule has 5 aliphatic rings. The van der Waals surface area contributed by atoms with Gasteiger partial charge in [-0.3, -0.25) is 26.0 Å². The molecule has 3 fully saturated rings. The summed E-state index contributed by atoms with van der Waals surface area (Å²) in [7, 11) is 1.49. The lowest BCUT2D eigenvalue weighted by Crippen LogP contribution is -2.70. The van der Waals surface area contributed by atoms with Gasteiger partial charge in [0.2, 0.25) is 17.6 Å². The average Bonchev–Trinajstić information content (AvgIpc) is 3.79. The van der Waals surface area contributed by atoms with Crippen LogP contribution in [0.2, 0.25) is 0 Å². The summed E-state index contributed by atoms with van der Waals surface area (Å²) in [5.41, 5.74) is 6.42. The fourth-order valence-electron chi connectivity index (χ4n) is 7.64. The minimum absolute atomic E-state index is 0.0335. The molecule has 4 aliphatic heterocycles. The molecular weight excluding hydrogens is 626 g/mol. The van der Waals surface area contributed by atoms with Crippen LogP contribution in [0.3, 0.4) is 0 Å². The van der Waals surface area contributed by atoms with Crippen molar-refractivity contribution >= 4 is 29.7 Å². The fraction of sp³-hybridized carbons (Fsp3) is 0.500. The van der Waals surface area contributed by atoms with Crippen LogP contribution in [0.1, 0.15) is 55.7 Å². The van der Waals surface area contributed by atoms with Crippen LogP contribution >= 0.6 is 0 Å². The van der Waals surface area contributed by atoms with Gasteiger partial charge in [0.1, 0.15) is 41.8 Å². The van der Waals surface area contributed by atoms with E-state index in [-0.39, 0.29) is 47.6 Å². The highest BCUT2D eigenvalue weighted by atomic mass is 16.6. The number of rotatable bonds is 8. The molecule has 1 aliphatic carbocycles. The summed E-state index contributed by atoms with van der Waals surface area (Å²) in [5, 5.41) is 31.0. The summed E-state index contributed by atoms with van der Waals surface area (Å²) in [5.74, 6) is -0.375. The van der Waals surface area contributed by atoms with E-state index in [0.717, 1.165) is 6.42 Å². The van der Waals surface area contributed by atoms with Gasteiger partial charge in [0.25, 0.3) is 0 Å². The van der Waals surface area contributed by atoms with Gasteiger partial charge in [0.05, 0.1) is 49.3 Å². The molecule has 0 radical (unpaired) electrons. The lowest BCUT2D eigenvalue weighted by atomic mass is 9.73. The minimum atomic E-state index is -1.14. The summed E-state index contributed by atoms with van der Waals surface area (Å²) >= 11 is 0. The van der Waals surface area contributed by atoms with Crippen LogP contribution in [0.4, 0.5) is 5.95 Å². The van der Waals surface area contributed by atoms with Crippen molar-refractivity contribution in [2.75, 3.05) is 25.3 Å². The molecule has 1 amide bonds. The Bertz CT molecular complexity index is 1730. The van der Waals surface area contributed by atoms with E-state index in [9.17, 15) is 24.6 Å². The van der Waals surface area contributed by atoms with Crippen LogP contribution in [0.5, 0.6) is 17.2 Å². The van der Waals surface area contributed by atoms with E-state index in [4.69, 9.17) is 24.7 Å². The monoisotopic (exact) mass is 665 g/mol. The number of allylic oxidation sites excluding steroid dienone is 3. The van der Waals surface area contributed by atoms with Crippen LogP contribution in [0.25, 0.3) is 5.57 Å². The zero-order chi connectivity index (χ0) is 33.9. The zero-order valence-electron chi connectivity index (χ0n) is 26.8. The first-order valence-electron chi connectivity index (χ1n) is 16.0. The van der Waals surface area contributed by atoms with E-state index in [1.165, 1.54) is 7.11 Å². The number of carbonyl (C=O) groups excluding carboxylic acids is 3. The smallest absolute Gasteiger partial charge is 0.375 e. The van der Waals surface area contributed by atoms with Crippen molar-refractivity contribution in [3.63, 3.8) is 0 Å². The van der Waals surface area contributed by atoms with Gasteiger partial charge in [-0.1, -0.05) is 6.08 Å². The highest BCUT2D eigenvalue weighted by molar-refractivity contribution is 6.10. The van der Waals surface area contributed by atoms with Crippen LogP contribution in [-0.2, 0) is 32.3 Å². The number of benzene rings is 1. The Labute approximate surface area is 275 Å². The van der Waals surface area contributed by atoms with Crippen LogP contribution < -0.4 is 40.8 Å². The molecule has 7 N–H and O–H groups in total. The van der Waals surface area contributed by atoms with Crippen molar-refractivity contribution < 1.29 is 43.5 Å². The van der Waals surface area contributed by atoms with Gasteiger partial charge in [0, 0.05) is 36.0 Å². The number of aliphatic hydroxyl groups excluding tert-OH is 1. The summed E-state index contributed by atoms with van der Waals surface area (Å²) in [6.07, 6.45) is 5.84. The highest BCUT2D eigenvalue weighted by Gasteiger charge is 2.52. The topological polar surface area (TPSA) is 212 Å². The SMILES string of the molecule is CCOC(=O)C1=C(C=O)/C(=C\Cn2ccnc2N2CN[C@@H]3C(=O)N[C@@H](N)N[C@H]32)c2c(c(CO)c3c(c2OC)[C@@H]2CCC[C@@](C)(O)[C@H]2O3)O1. The van der Waals surface area contributed by atoms with Gasteiger partial charge in [-0.15, -0.1) is 0 Å². The molecule has 0 unspecified atom stereocenters. The lowest BCUT2D eigenvalue weighted by Gasteiger charge is -2.37. The molecule has 2 aromatic rings. The van der Waals surface area contributed by atoms with E-state index in [2.05, 4.69) is 20.9 Å². The van der Waals surface area contributed by atoms with Crippen molar-refractivity contribution in [1.29, 1.82) is 0 Å². The standard InChI is InChI=1S/C32H39N7O9/c1-4-46-29(43)24-17(12-40)15(7-10-38-11-9-34-31(38)39-14-35-21-27(39)36-30(33)37-28(21)42)19-22(47-24)18(13-41)23-20(25(19)45-3)16-6-5-8-32(2,44)26(16)48-23/h7,9,11-12,16,21,26-27,30,35-36,41,44H,4-6,8,10,13-14,33H2,1-3H3,(H,37,42)/b15-7+/t16-,21-,26-,27-,30-,32+/m0/s1. The highest BCUT2D eigenvalue weighted by Crippen LogP contribution is 2.60. The Balaban J connectivity index is 1.37. The Morgan fingerprint density at radius 2 is 2.15 bits per heavy atom. The number of hydrogen-bond donors (Lipinski definition) is 6. The second kappa shape index (κ2) is 12.2. The molecule has 1 aromatic heterocycles. The second-order valence-electron chi connectivity index (χ2n) is 12.6. The molecule has 48 heavy (non-hydrogen) atoms. The number of imidazole rings is 1. The number of carbonyl (C=O) groups is 3. The van der Waals surface area contributed by atoms with Crippen molar-refractivity contribution in [1.82, 2.24) is 25.5 Å². The largest absolute Gasteiger partial charge is 0.496 e. The summed E-state index contributed by atoms with van der Waals surface area (Å²) in [4.78, 5) is 45.0. The third-order valence-electron chi connectivity index (χ3n) is 9.74. The number of methoxy groups -OCH3 is 1. The van der Waals surface area contributed by atoms with Gasteiger partial charge < -0.3 is 43.9 Å². The number of nitrogens with two attached hydrogens (primary N) is 1. The molecule has 5 heterocycles. The normalized spacial score (nSPS) is 29.7. The molecule has 6 atom stereocenters. The maximum Gasteiger partial charge on any atom is 0.375 e. The quantitative estimate of drug-likeness (QED) is 0.158. The molecule has 1 aromatic carbocycles. The molecular formula is C32H39N7O9. The van der Waals surface area contributed by atoms with E-state index in [1.54, 1.807) is 32.3 Å². The Hall–Kier alpha value is -4.48. The van der Waals surface area contributed by atoms with Crippen LogP contribution in [0, 0.1) is 0 Å². The molecule has 16 heteroatoms. The number of nitrogens with zero attached hydrogens (tertiary/aromatic N) is 3. The minimum Gasteiger partial charge on any atom is -0.496 e. The number of anilines is 1. The van der Waals surface area contributed by atoms with Gasteiger partial charge in [-0.2, -0.15) is 0 Å². The first kappa shape index (κ1) is 32.1. The molecule has 2 saturated heterocycles. The molecule has 16 nitrogen and oxygen atoms in total. The van der Waals surface area contributed by atoms with Gasteiger partial charge >= 0.3 is 5.97 Å². The first-order chi connectivity index (χ1) is 23.1. The summed E-state index contributed by atoms with van der Waals surface area (Å²) in [6.45, 7) is 3.36. The third-order valence-corrected chi connectivity index (χ3v) is 9.74. The number of esters is 1. The third kappa shape index (κ3) is 4.94. The Morgan fingerprint density at radius 3 is 2.88 bits per heavy atom. The molecule has 7 rings (SSSR count). The number of aromatic nitrogens is 2. The number of fused-ring (bicyclic) bond motifs is 5. The van der Waals surface area contributed by atoms with Gasteiger partial charge in [-0.05, 0) is 33.1 Å². The van der Waals surface area contributed by atoms with Crippen molar-refractivity contribution in [3.05, 3.63) is 46.5 Å². The van der Waals surface area contributed by atoms with Crippen molar-refractivity contribution in [2.24, 2.45) is 5.73 Å². The van der Waals surface area contributed by atoms with Crippen molar-refractivity contribution in [2.45, 2.75) is 82.4 Å². The number of aldehydes is 1. The lowest BCUT2D eigenvalue weighted by molar-refractivity contribution is -0.141. The summed E-state index contributed by atoms with van der Waals surface area (Å²) in [6, 6.07) is -0.553. The Kier molecular flexibility index (Phi) is 8.15. The molecule has 0 bridgehead atoms. The number of hydrogen-bond acceptors (Lipinski definition) is 14. The van der Waals surface area contributed by atoms with E-state index < -0.39 is 42.8 Å². The second-order valence-corrected chi connectivity index (χ2v) is 12.6. The number of amides is 1. The zero-order valence-corrected chi connectivity index (χ0v) is 26.8. The van der Waals surface area contributed by atoms with E-state index in [1.807, 2.05) is 9.47 Å². The maximum absolute atomic E-state index is 13.2. The predicted octanol–water partition coefficient (Wildman–Crippen LogP) is -0.321. The number of nitrogens with one attached hydrogen (secondary N) is 3. The summed E-state index contributed by atoms with van der Waals surface area (Å²) < 4.78 is 25.7. The van der Waals surface area contributed by atoms with Crippen LogP contribution in [0.15, 0.2) is 29.8 Å². The van der Waals surface area contributed by atoms with Gasteiger partial charge in [-0.25, -0.2) is 9.78 Å². The maximum atomic E-state index is 13.2. The van der Waals surface area contributed by atoms with Crippen LogP contribution in [-0.4, -0.2) is 88.5 Å². The van der Waals surface area contributed by atoms with E-state index >= 15 is 0 Å². The number of ether oxygens (including phenoxy) is 4. The first-order valence-corrected chi connectivity index (χ1v) is 16.0. The fourth-order valence-corrected chi connectivity index (χ4v) is 7.64. The number of aliphatic hydroxyl groups is 2. The predicted molar refractivity (Wildman–Crippen MR) is 168 cm³/mol. The van der Waals surface area contributed by atoms with Crippen molar-refractivity contribution in [3.8, 4) is 17.2 Å². The van der Waals surface area contributed by atoms with Gasteiger partial charge in [0.15, 0.2) is 6.29 Å². The Morgan fingerprint density at radius 1 is 1.33 bits per heavy atom.